The van der Waals surface area contributed by atoms with Crippen LogP contribution in [0.15, 0.2) is 35.0 Å². The lowest BCUT2D eigenvalue weighted by Gasteiger charge is -2.18. The fourth-order valence-electron chi connectivity index (χ4n) is 3.37. The highest BCUT2D eigenvalue weighted by Gasteiger charge is 2.29. The molecule has 0 aliphatic carbocycles. The Hall–Kier alpha value is -2.75. The van der Waals surface area contributed by atoms with Crippen molar-refractivity contribution in [3.8, 4) is 5.88 Å². The third-order valence-corrected chi connectivity index (χ3v) is 7.06. The van der Waals surface area contributed by atoms with E-state index in [0.29, 0.717) is 44.0 Å². The number of pyridine rings is 1. The van der Waals surface area contributed by atoms with Crippen molar-refractivity contribution in [2.45, 2.75) is 50.3 Å². The quantitative estimate of drug-likeness (QED) is 0.146. The minimum atomic E-state index is -4.54. The molecular weight excluding hydrogens is 636 g/mol. The van der Waals surface area contributed by atoms with E-state index in [4.69, 9.17) is 4.74 Å². The van der Waals surface area contributed by atoms with Gasteiger partial charge in [0.1, 0.15) is 24.4 Å². The average Bonchev–Trinajstić information content (AvgIpc) is 2.86. The van der Waals surface area contributed by atoms with Crippen LogP contribution in [-0.2, 0) is 24.0 Å². The first-order valence-electron chi connectivity index (χ1n) is 11.7. The SMILES string of the molecule is CCCC[S-](=O)=Nc1cc(C)c2c(Nc3ccc(CI)nc3O[C@H](C)C(=O)NCC(F)(F)F)ncnc2c1. The molecule has 2 aromatic heterocycles. The zero-order valence-electron chi connectivity index (χ0n) is 20.9. The van der Waals surface area contributed by atoms with E-state index in [1.165, 1.54) is 13.3 Å². The molecule has 0 aliphatic rings. The number of aromatic nitrogens is 3. The molecule has 1 amide bonds. The molecule has 0 saturated carbocycles. The predicted molar refractivity (Wildman–Crippen MR) is 149 cm³/mol. The first-order valence-corrected chi connectivity index (χ1v) is 14.5. The van der Waals surface area contributed by atoms with Crippen molar-refractivity contribution in [1.29, 1.82) is 0 Å². The van der Waals surface area contributed by atoms with Gasteiger partial charge in [0.05, 0.1) is 11.2 Å². The molecule has 1 atom stereocenters. The van der Waals surface area contributed by atoms with Crippen molar-refractivity contribution in [3.63, 3.8) is 0 Å². The summed E-state index contributed by atoms with van der Waals surface area (Å²) >= 11 is 2.11. The van der Waals surface area contributed by atoms with Crippen molar-refractivity contribution >= 4 is 67.2 Å². The van der Waals surface area contributed by atoms with Crippen LogP contribution in [0.5, 0.6) is 5.88 Å². The van der Waals surface area contributed by atoms with Crippen molar-refractivity contribution in [1.82, 2.24) is 20.3 Å². The lowest BCUT2D eigenvalue weighted by Crippen LogP contribution is -2.41. The van der Waals surface area contributed by atoms with Crippen LogP contribution >= 0.6 is 22.6 Å². The zero-order valence-corrected chi connectivity index (χ0v) is 23.9. The van der Waals surface area contributed by atoms with Crippen molar-refractivity contribution in [3.05, 3.63) is 41.9 Å². The molecule has 2 heterocycles. The van der Waals surface area contributed by atoms with E-state index >= 15 is 0 Å². The van der Waals surface area contributed by atoms with Gasteiger partial charge >= 0.3 is 6.18 Å². The van der Waals surface area contributed by atoms with E-state index in [9.17, 15) is 22.2 Å². The molecule has 0 fully saturated rings. The second-order valence-corrected chi connectivity index (χ2v) is 10.4. The molecule has 38 heavy (non-hydrogen) atoms. The summed E-state index contributed by atoms with van der Waals surface area (Å²) in [6.07, 6.45) is -2.67. The van der Waals surface area contributed by atoms with Gasteiger partial charge in [-0.3, -0.25) is 4.79 Å². The van der Waals surface area contributed by atoms with Gasteiger partial charge in [-0.15, -0.1) is 0 Å². The topological polar surface area (TPSA) is 118 Å². The molecule has 1 aromatic carbocycles. The Balaban J connectivity index is 1.91. The Morgan fingerprint density at radius 2 is 2.03 bits per heavy atom. The third-order valence-electron chi connectivity index (χ3n) is 5.23. The molecule has 2 N–H and O–H groups in total. The first kappa shape index (κ1) is 29.8. The van der Waals surface area contributed by atoms with Crippen LogP contribution in [0.4, 0.5) is 30.4 Å². The molecule has 9 nitrogen and oxygen atoms in total. The summed E-state index contributed by atoms with van der Waals surface area (Å²) in [7, 11) is -1.34. The van der Waals surface area contributed by atoms with E-state index in [0.717, 1.165) is 18.4 Å². The molecule has 0 saturated heterocycles. The summed E-state index contributed by atoms with van der Waals surface area (Å²) in [6.45, 7) is 3.76. The Morgan fingerprint density at radius 1 is 1.26 bits per heavy atom. The predicted octanol–water partition coefficient (Wildman–Crippen LogP) is 6.04. The Morgan fingerprint density at radius 3 is 2.71 bits per heavy atom. The van der Waals surface area contributed by atoms with Crippen LogP contribution in [0.2, 0.25) is 0 Å². The van der Waals surface area contributed by atoms with Gasteiger partial charge in [-0.1, -0.05) is 48.1 Å². The number of fused-ring (bicyclic) bond motifs is 1. The van der Waals surface area contributed by atoms with Crippen LogP contribution in [0.3, 0.4) is 0 Å². The number of hydrogen-bond donors (Lipinski definition) is 2. The zero-order chi connectivity index (χ0) is 27.9. The average molecular weight is 663 g/mol. The molecule has 0 bridgehead atoms. The first-order chi connectivity index (χ1) is 18.0. The maximum Gasteiger partial charge on any atom is 0.405 e. The fourth-order valence-corrected chi connectivity index (χ4v) is 4.76. The van der Waals surface area contributed by atoms with Crippen LogP contribution in [0.25, 0.3) is 10.9 Å². The maximum atomic E-state index is 12.5. The monoisotopic (exact) mass is 663 g/mol. The molecule has 0 aliphatic heterocycles. The van der Waals surface area contributed by atoms with Crippen LogP contribution < -0.4 is 15.4 Å². The number of rotatable bonds is 11. The lowest BCUT2D eigenvalue weighted by molar-refractivity contribution is -0.142. The fraction of sp³-hybridized carbons (Fsp3) is 0.417. The number of halogens is 4. The summed E-state index contributed by atoms with van der Waals surface area (Å²) < 4.78 is 60.2. The Bertz CT molecular complexity index is 1380. The Kier molecular flexibility index (Phi) is 10.5. The molecule has 3 aromatic rings. The highest BCUT2D eigenvalue weighted by Crippen LogP contribution is 2.33. The molecule has 14 heteroatoms. The normalized spacial score (nSPS) is 13.3. The molecule has 0 spiro atoms. The van der Waals surface area contributed by atoms with Crippen molar-refractivity contribution < 1.29 is 26.9 Å². The van der Waals surface area contributed by atoms with Gasteiger partial charge in [-0.05, 0) is 43.7 Å². The minimum absolute atomic E-state index is 0.0381. The number of amides is 1. The van der Waals surface area contributed by atoms with Gasteiger partial charge in [-0.2, -0.15) is 23.8 Å². The number of anilines is 2. The summed E-state index contributed by atoms with van der Waals surface area (Å²) in [4.78, 5) is 25.3. The van der Waals surface area contributed by atoms with E-state index in [1.54, 1.807) is 24.3 Å². The lowest BCUT2D eigenvalue weighted by atomic mass is 10.1. The number of nitrogens with one attached hydrogen (secondary N) is 2. The minimum Gasteiger partial charge on any atom is -0.463 e. The van der Waals surface area contributed by atoms with Crippen molar-refractivity contribution in [2.75, 3.05) is 17.6 Å². The number of aryl methyl sites for hydroxylation is 1. The number of benzene rings is 1. The van der Waals surface area contributed by atoms with Gasteiger partial charge in [0.15, 0.2) is 6.10 Å². The highest BCUT2D eigenvalue weighted by atomic mass is 127. The highest BCUT2D eigenvalue weighted by molar-refractivity contribution is 14.1. The largest absolute Gasteiger partial charge is 0.463 e. The van der Waals surface area contributed by atoms with Crippen LogP contribution in [0, 0.1) is 6.92 Å². The summed E-state index contributed by atoms with van der Waals surface area (Å²) in [6, 6.07) is 6.97. The number of ether oxygens (including phenoxy) is 1. The summed E-state index contributed by atoms with van der Waals surface area (Å²) in [5.74, 6) is 0.0241. The van der Waals surface area contributed by atoms with Crippen LogP contribution in [-0.4, -0.2) is 45.4 Å². The van der Waals surface area contributed by atoms with Gasteiger partial charge in [0, 0.05) is 15.5 Å². The van der Waals surface area contributed by atoms with Gasteiger partial charge in [0.25, 0.3) is 5.91 Å². The number of unbranched alkanes of at least 4 members (excludes halogenated alkanes) is 1. The van der Waals surface area contributed by atoms with E-state index in [2.05, 4.69) is 47.2 Å². The van der Waals surface area contributed by atoms with Crippen LogP contribution in [0.1, 0.15) is 37.9 Å². The molecule has 0 radical (unpaired) electrons. The van der Waals surface area contributed by atoms with Crippen molar-refractivity contribution in [2.24, 2.45) is 4.36 Å². The Labute approximate surface area is 233 Å². The van der Waals surface area contributed by atoms with E-state index < -0.39 is 35.3 Å². The molecular formula is C24H27F3IN6O3S-. The van der Waals surface area contributed by atoms with Gasteiger partial charge in [-0.25, -0.2) is 15.0 Å². The molecule has 206 valence electrons. The van der Waals surface area contributed by atoms with E-state index in [-0.39, 0.29) is 5.88 Å². The second-order valence-electron chi connectivity index (χ2n) is 8.36. The van der Waals surface area contributed by atoms with Gasteiger partial charge in [0.2, 0.25) is 5.88 Å². The van der Waals surface area contributed by atoms with E-state index in [1.807, 2.05) is 19.2 Å². The third kappa shape index (κ3) is 8.38. The summed E-state index contributed by atoms with van der Waals surface area (Å²) in [5.41, 5.74) is 2.93. The number of carbonyl (C=O) groups excluding carboxylic acids is 1. The number of alkyl halides is 4. The number of nitrogens with zero attached hydrogens (tertiary/aromatic N) is 4. The maximum absolute atomic E-state index is 12.5. The molecule has 0 unspecified atom stereocenters. The molecule has 3 rings (SSSR count). The second kappa shape index (κ2) is 13.4. The number of carbonyl (C=O) groups is 1. The van der Waals surface area contributed by atoms with Gasteiger partial charge < -0.3 is 23.9 Å². The number of hydrogen-bond acceptors (Lipinski definition) is 9. The standard InChI is InChI=1S/C24H27F3IN6O3S/c1-4-5-8-38(36)34-17-9-14(2)20-19(10-17)30-13-31-21(20)33-18-7-6-16(11-28)32-23(18)37-15(3)22(35)29-12-24(25,26)27/h6-7,9-10,13,15H,4-5,8,11-12H2,1-3H3,(H,29,35)(H,30,31,33)/q-1/t15-/m1/s1. The smallest absolute Gasteiger partial charge is 0.405 e. The summed E-state index contributed by atoms with van der Waals surface area (Å²) in [5, 5.41) is 5.65.